The van der Waals surface area contributed by atoms with Crippen LogP contribution in [0.15, 0.2) is 18.2 Å². The highest BCUT2D eigenvalue weighted by Gasteiger charge is 2.40. The van der Waals surface area contributed by atoms with Crippen LogP contribution in [0.25, 0.3) is 0 Å². The van der Waals surface area contributed by atoms with Gasteiger partial charge in [-0.05, 0) is 18.1 Å². The van der Waals surface area contributed by atoms with E-state index < -0.39 is 18.4 Å². The van der Waals surface area contributed by atoms with Gasteiger partial charge in [-0.25, -0.2) is 13.8 Å². The number of amides is 1. The molecule has 4 nitrogen and oxygen atoms in total. The van der Waals surface area contributed by atoms with Gasteiger partial charge in [-0.15, -0.1) is 0 Å². The van der Waals surface area contributed by atoms with Crippen molar-refractivity contribution in [2.45, 2.75) is 46.1 Å². The third-order valence-electron chi connectivity index (χ3n) is 4.48. The van der Waals surface area contributed by atoms with E-state index in [1.54, 1.807) is 12.1 Å². The molecule has 0 saturated carbocycles. The molecule has 24 heavy (non-hydrogen) atoms. The van der Waals surface area contributed by atoms with Gasteiger partial charge in [-0.2, -0.15) is 0 Å². The van der Waals surface area contributed by atoms with Gasteiger partial charge in [-0.3, -0.25) is 9.69 Å². The Morgan fingerprint density at radius 1 is 1.33 bits per heavy atom. The molecule has 3 heterocycles. The van der Waals surface area contributed by atoms with Crippen molar-refractivity contribution in [1.29, 1.82) is 0 Å². The minimum Gasteiger partial charge on any atom is -0.331 e. The van der Waals surface area contributed by atoms with Crippen LogP contribution in [0, 0.1) is 5.92 Å². The van der Waals surface area contributed by atoms with Crippen molar-refractivity contribution in [2.24, 2.45) is 5.92 Å². The minimum atomic E-state index is -2.76. The third kappa shape index (κ3) is 4.50. The first-order valence-electron chi connectivity index (χ1n) is 8.82. The predicted octanol–water partition coefficient (Wildman–Crippen LogP) is 3.43. The lowest BCUT2D eigenvalue weighted by Crippen LogP contribution is -2.45. The summed E-state index contributed by atoms with van der Waals surface area (Å²) in [4.78, 5) is 20.1. The topological polar surface area (TPSA) is 36.4 Å². The second-order valence-corrected chi connectivity index (χ2v) is 6.32. The maximum Gasteiger partial charge on any atom is 0.272 e. The van der Waals surface area contributed by atoms with Crippen LogP contribution in [0.2, 0.25) is 0 Å². The van der Waals surface area contributed by atoms with Crippen molar-refractivity contribution >= 4 is 5.91 Å². The molecule has 0 N–H and O–H groups in total. The molecule has 1 aromatic rings. The second-order valence-electron chi connectivity index (χ2n) is 6.32. The van der Waals surface area contributed by atoms with Crippen molar-refractivity contribution < 1.29 is 13.6 Å². The number of hydrogen-bond donors (Lipinski definition) is 0. The molecule has 2 fully saturated rings. The molecule has 0 radical (unpaired) electrons. The van der Waals surface area contributed by atoms with Crippen molar-refractivity contribution in [2.75, 3.05) is 26.2 Å². The number of rotatable bonds is 4. The highest BCUT2D eigenvalue weighted by Crippen LogP contribution is 2.27. The van der Waals surface area contributed by atoms with E-state index in [2.05, 4.69) is 16.8 Å². The number of carbonyl (C=O) groups excluding carboxylic acids is 1. The summed E-state index contributed by atoms with van der Waals surface area (Å²) in [6, 6.07) is 5.27. The zero-order chi connectivity index (χ0) is 17.7. The highest BCUT2D eigenvalue weighted by atomic mass is 19.3. The first kappa shape index (κ1) is 18.8. The van der Waals surface area contributed by atoms with Gasteiger partial charge in [0.05, 0.1) is 12.2 Å². The monoisotopic (exact) mass is 339 g/mol. The normalized spacial score (nSPS) is 20.3. The molecule has 6 heteroatoms. The molecule has 3 rings (SSSR count). The van der Waals surface area contributed by atoms with Crippen LogP contribution in [0.1, 0.15) is 49.8 Å². The summed E-state index contributed by atoms with van der Waals surface area (Å²) in [5.41, 5.74) is 1.09. The van der Waals surface area contributed by atoms with Crippen LogP contribution < -0.4 is 0 Å². The second kappa shape index (κ2) is 8.01. The van der Waals surface area contributed by atoms with Crippen molar-refractivity contribution in [3.63, 3.8) is 0 Å². The van der Waals surface area contributed by atoms with Crippen LogP contribution >= 0.6 is 0 Å². The van der Waals surface area contributed by atoms with Gasteiger partial charge in [0.25, 0.3) is 11.8 Å². The van der Waals surface area contributed by atoms with Gasteiger partial charge in [-0.1, -0.05) is 33.3 Å². The smallest absolute Gasteiger partial charge is 0.272 e. The lowest BCUT2D eigenvalue weighted by molar-refractivity contribution is 0.0119. The van der Waals surface area contributed by atoms with Gasteiger partial charge < -0.3 is 4.90 Å². The number of halogens is 2. The summed E-state index contributed by atoms with van der Waals surface area (Å²) in [6.07, 6.45) is 0.927. The van der Waals surface area contributed by atoms with Crippen LogP contribution in [0.3, 0.4) is 0 Å². The SMILES string of the molecule is CC.CCC1CN(Cc2cccc(C(=O)N3CCC(F)(F)C3)n2)C1. The average molecular weight is 339 g/mol. The van der Waals surface area contributed by atoms with Crippen LogP contribution in [0.4, 0.5) is 8.78 Å². The molecular formula is C18H27F2N3O. The maximum absolute atomic E-state index is 13.2. The van der Waals surface area contributed by atoms with E-state index in [9.17, 15) is 13.6 Å². The molecule has 2 aliphatic rings. The van der Waals surface area contributed by atoms with Crippen molar-refractivity contribution in [1.82, 2.24) is 14.8 Å². The largest absolute Gasteiger partial charge is 0.331 e. The number of likely N-dealkylation sites (tertiary alicyclic amines) is 2. The van der Waals surface area contributed by atoms with E-state index in [0.717, 1.165) is 24.7 Å². The summed E-state index contributed by atoms with van der Waals surface area (Å²) < 4.78 is 26.4. The molecule has 0 atom stereocenters. The summed E-state index contributed by atoms with van der Waals surface area (Å²) >= 11 is 0. The Labute approximate surface area is 142 Å². The first-order chi connectivity index (χ1) is 11.5. The lowest BCUT2D eigenvalue weighted by atomic mass is 9.97. The summed E-state index contributed by atoms with van der Waals surface area (Å²) in [5.74, 6) is -2.40. The number of pyridine rings is 1. The van der Waals surface area contributed by atoms with Gasteiger partial charge in [0.1, 0.15) is 5.69 Å². The number of carbonyl (C=O) groups is 1. The molecule has 2 saturated heterocycles. The number of alkyl halides is 2. The third-order valence-corrected chi connectivity index (χ3v) is 4.48. The molecule has 2 aliphatic heterocycles. The van der Waals surface area contributed by atoms with Gasteiger partial charge in [0, 0.05) is 32.6 Å². The molecule has 134 valence electrons. The molecule has 1 aromatic heterocycles. The molecule has 0 bridgehead atoms. The molecule has 0 aromatic carbocycles. The Hall–Kier alpha value is -1.56. The Bertz CT molecular complexity index is 559. The summed E-state index contributed by atoms with van der Waals surface area (Å²) in [7, 11) is 0. The Kier molecular flexibility index (Phi) is 6.27. The fourth-order valence-corrected chi connectivity index (χ4v) is 3.05. The Morgan fingerprint density at radius 3 is 2.62 bits per heavy atom. The average Bonchev–Trinajstić information content (AvgIpc) is 2.92. The van der Waals surface area contributed by atoms with Gasteiger partial charge >= 0.3 is 0 Å². The zero-order valence-electron chi connectivity index (χ0n) is 14.8. The van der Waals surface area contributed by atoms with E-state index in [0.29, 0.717) is 6.54 Å². The first-order valence-corrected chi connectivity index (χ1v) is 8.82. The molecule has 0 aliphatic carbocycles. The van der Waals surface area contributed by atoms with Crippen LogP contribution in [-0.4, -0.2) is 52.8 Å². The molecule has 0 spiro atoms. The van der Waals surface area contributed by atoms with Crippen molar-refractivity contribution in [3.8, 4) is 0 Å². The fraction of sp³-hybridized carbons (Fsp3) is 0.667. The lowest BCUT2D eigenvalue weighted by Gasteiger charge is -2.38. The predicted molar refractivity (Wildman–Crippen MR) is 90.1 cm³/mol. The quantitative estimate of drug-likeness (QED) is 0.843. The summed E-state index contributed by atoms with van der Waals surface area (Å²) in [5, 5.41) is 0. The number of nitrogens with zero attached hydrogens (tertiary/aromatic N) is 3. The van der Waals surface area contributed by atoms with E-state index >= 15 is 0 Å². The standard InChI is InChI=1S/C16H21F2N3O.C2H6/c1-2-12-8-20(9-12)10-13-4-3-5-14(19-13)15(22)21-7-6-16(17,18)11-21;1-2/h3-5,12H,2,6-11H2,1H3;1-2H3. The molecule has 1 amide bonds. The zero-order valence-corrected chi connectivity index (χ0v) is 14.8. The van der Waals surface area contributed by atoms with Gasteiger partial charge in [0.15, 0.2) is 0 Å². The highest BCUT2D eigenvalue weighted by molar-refractivity contribution is 5.92. The molecule has 0 unspecified atom stereocenters. The number of hydrogen-bond acceptors (Lipinski definition) is 3. The van der Waals surface area contributed by atoms with E-state index in [-0.39, 0.29) is 18.7 Å². The van der Waals surface area contributed by atoms with Crippen LogP contribution in [-0.2, 0) is 6.54 Å². The van der Waals surface area contributed by atoms with Crippen LogP contribution in [0.5, 0.6) is 0 Å². The Balaban J connectivity index is 0.00000100. The maximum atomic E-state index is 13.2. The Morgan fingerprint density at radius 2 is 2.04 bits per heavy atom. The molecular weight excluding hydrogens is 312 g/mol. The minimum absolute atomic E-state index is 0.0993. The summed E-state index contributed by atoms with van der Waals surface area (Å²) in [6.45, 7) is 8.63. The van der Waals surface area contributed by atoms with E-state index in [1.807, 2.05) is 19.9 Å². The van der Waals surface area contributed by atoms with E-state index in [1.165, 1.54) is 11.3 Å². The fourth-order valence-electron chi connectivity index (χ4n) is 3.05. The number of aromatic nitrogens is 1. The van der Waals surface area contributed by atoms with Gasteiger partial charge in [0.2, 0.25) is 0 Å². The van der Waals surface area contributed by atoms with E-state index in [4.69, 9.17) is 0 Å². The van der Waals surface area contributed by atoms with Crippen molar-refractivity contribution in [3.05, 3.63) is 29.6 Å².